The minimum absolute atomic E-state index is 0. The summed E-state index contributed by atoms with van der Waals surface area (Å²) in [5, 5.41) is 5.69. The van der Waals surface area contributed by atoms with Crippen molar-refractivity contribution in [3.05, 3.63) is 0 Å². The number of urea groups is 1. The third-order valence-electron chi connectivity index (χ3n) is 5.31. The number of imide groups is 1. The zero-order valence-electron chi connectivity index (χ0n) is 14.5. The number of amides is 4. The fourth-order valence-electron chi connectivity index (χ4n) is 3.62. The second-order valence-electron chi connectivity index (χ2n) is 6.56. The van der Waals surface area contributed by atoms with Crippen LogP contribution in [0, 0.1) is 5.92 Å². The van der Waals surface area contributed by atoms with Gasteiger partial charge >= 0.3 is 6.03 Å². The van der Waals surface area contributed by atoms with Crippen LogP contribution in [0.1, 0.15) is 52.4 Å². The van der Waals surface area contributed by atoms with E-state index in [1.54, 1.807) is 0 Å². The quantitative estimate of drug-likeness (QED) is 0.618. The van der Waals surface area contributed by atoms with E-state index >= 15 is 0 Å². The van der Waals surface area contributed by atoms with E-state index in [0.717, 1.165) is 30.6 Å². The van der Waals surface area contributed by atoms with Gasteiger partial charge in [0.2, 0.25) is 5.91 Å². The van der Waals surface area contributed by atoms with Crippen molar-refractivity contribution in [3.63, 3.8) is 0 Å². The minimum atomic E-state index is -0.859. The standard InChI is InChI=1S/C16H28N4O3.ClH/c1-3-16(4-2)14(22)20(15(23)19-16)10-13(21)18-12-8-6-5-7-11(12)9-17;/h11-12H,3-10,17H2,1-2H3,(H,18,21)(H,19,23);1H. The fraction of sp³-hybridized carbons (Fsp3) is 0.812. The van der Waals surface area contributed by atoms with Crippen molar-refractivity contribution >= 4 is 30.3 Å². The number of hydrogen-bond acceptors (Lipinski definition) is 4. The van der Waals surface area contributed by atoms with Crippen molar-refractivity contribution < 1.29 is 14.4 Å². The Balaban J connectivity index is 0.00000288. The second-order valence-corrected chi connectivity index (χ2v) is 6.56. The Morgan fingerprint density at radius 1 is 1.29 bits per heavy atom. The summed E-state index contributed by atoms with van der Waals surface area (Å²) in [5.41, 5.74) is 4.91. The van der Waals surface area contributed by atoms with Crippen molar-refractivity contribution in [2.45, 2.75) is 64.0 Å². The lowest BCUT2D eigenvalue weighted by atomic mass is 9.84. The fourth-order valence-corrected chi connectivity index (χ4v) is 3.62. The van der Waals surface area contributed by atoms with Gasteiger partial charge in [-0.05, 0) is 38.1 Å². The van der Waals surface area contributed by atoms with E-state index in [4.69, 9.17) is 5.73 Å². The van der Waals surface area contributed by atoms with Gasteiger partial charge in [-0.3, -0.25) is 14.5 Å². The molecule has 2 fully saturated rings. The van der Waals surface area contributed by atoms with E-state index in [1.807, 2.05) is 13.8 Å². The molecule has 4 N–H and O–H groups in total. The Bertz CT molecular complexity index is 482. The molecule has 2 unspecified atom stereocenters. The number of halogens is 1. The SMILES string of the molecule is CCC1(CC)NC(=O)N(CC(=O)NC2CCCCC2CN)C1=O.Cl. The maximum atomic E-state index is 12.5. The summed E-state index contributed by atoms with van der Waals surface area (Å²) in [4.78, 5) is 37.9. The van der Waals surface area contributed by atoms with Crippen LogP contribution < -0.4 is 16.4 Å². The van der Waals surface area contributed by atoms with E-state index in [2.05, 4.69) is 10.6 Å². The highest BCUT2D eigenvalue weighted by molar-refractivity contribution is 6.09. The highest BCUT2D eigenvalue weighted by Crippen LogP contribution is 2.25. The molecule has 1 saturated heterocycles. The van der Waals surface area contributed by atoms with Crippen molar-refractivity contribution in [1.29, 1.82) is 0 Å². The molecule has 1 aliphatic carbocycles. The summed E-state index contributed by atoms with van der Waals surface area (Å²) >= 11 is 0. The third-order valence-corrected chi connectivity index (χ3v) is 5.31. The van der Waals surface area contributed by atoms with E-state index in [1.165, 1.54) is 0 Å². The van der Waals surface area contributed by atoms with Crippen LogP contribution in [-0.2, 0) is 9.59 Å². The molecular weight excluding hydrogens is 332 g/mol. The predicted molar refractivity (Wildman–Crippen MR) is 93.7 cm³/mol. The largest absolute Gasteiger partial charge is 0.351 e. The van der Waals surface area contributed by atoms with Crippen molar-refractivity contribution in [2.75, 3.05) is 13.1 Å². The van der Waals surface area contributed by atoms with Gasteiger partial charge in [-0.2, -0.15) is 0 Å². The number of carbonyl (C=O) groups is 3. The van der Waals surface area contributed by atoms with E-state index in [0.29, 0.717) is 19.4 Å². The van der Waals surface area contributed by atoms with Gasteiger partial charge in [-0.25, -0.2) is 4.79 Å². The summed E-state index contributed by atoms with van der Waals surface area (Å²) in [7, 11) is 0. The molecule has 7 nitrogen and oxygen atoms in total. The summed E-state index contributed by atoms with van der Waals surface area (Å²) < 4.78 is 0. The molecule has 0 aromatic carbocycles. The molecule has 0 spiro atoms. The smallest absolute Gasteiger partial charge is 0.325 e. The van der Waals surface area contributed by atoms with Gasteiger partial charge in [-0.1, -0.05) is 26.7 Å². The van der Waals surface area contributed by atoms with Gasteiger partial charge in [0.05, 0.1) is 0 Å². The van der Waals surface area contributed by atoms with Gasteiger partial charge in [-0.15, -0.1) is 12.4 Å². The molecule has 0 bridgehead atoms. The average molecular weight is 361 g/mol. The number of nitrogens with zero attached hydrogens (tertiary/aromatic N) is 1. The summed E-state index contributed by atoms with van der Waals surface area (Å²) in [6.07, 6.45) is 5.16. The lowest BCUT2D eigenvalue weighted by molar-refractivity contribution is -0.135. The molecule has 4 amide bonds. The second kappa shape index (κ2) is 8.67. The Kier molecular flexibility index (Phi) is 7.48. The Morgan fingerprint density at radius 3 is 2.46 bits per heavy atom. The first kappa shape index (κ1) is 20.7. The molecule has 2 atom stereocenters. The molecule has 0 radical (unpaired) electrons. The van der Waals surface area contributed by atoms with Crippen LogP contribution in [0.3, 0.4) is 0 Å². The molecule has 2 aliphatic rings. The molecule has 1 saturated carbocycles. The first-order valence-electron chi connectivity index (χ1n) is 8.61. The van der Waals surface area contributed by atoms with Crippen LogP contribution >= 0.6 is 12.4 Å². The molecule has 24 heavy (non-hydrogen) atoms. The number of carbonyl (C=O) groups excluding carboxylic acids is 3. The molecule has 2 rings (SSSR count). The maximum Gasteiger partial charge on any atom is 0.325 e. The normalized spacial score (nSPS) is 25.9. The Hall–Kier alpha value is -1.34. The first-order valence-corrected chi connectivity index (χ1v) is 8.61. The lowest BCUT2D eigenvalue weighted by Crippen LogP contribution is -2.50. The van der Waals surface area contributed by atoms with Gasteiger partial charge in [0.25, 0.3) is 5.91 Å². The number of nitrogens with one attached hydrogen (secondary N) is 2. The van der Waals surface area contributed by atoms with Gasteiger partial charge in [0.15, 0.2) is 0 Å². The number of rotatable bonds is 6. The van der Waals surface area contributed by atoms with Crippen molar-refractivity contribution in [2.24, 2.45) is 11.7 Å². The zero-order valence-corrected chi connectivity index (χ0v) is 15.3. The highest BCUT2D eigenvalue weighted by atomic mass is 35.5. The molecule has 1 aliphatic heterocycles. The maximum absolute atomic E-state index is 12.5. The third kappa shape index (κ3) is 4.00. The number of hydrogen-bond donors (Lipinski definition) is 3. The Labute approximate surface area is 149 Å². The van der Waals surface area contributed by atoms with E-state index in [-0.39, 0.29) is 42.7 Å². The summed E-state index contributed by atoms with van der Waals surface area (Å²) in [5.74, 6) is -0.315. The van der Waals surface area contributed by atoms with Crippen LogP contribution in [0.5, 0.6) is 0 Å². The zero-order chi connectivity index (χ0) is 17.0. The average Bonchev–Trinajstić information content (AvgIpc) is 2.80. The topological polar surface area (TPSA) is 105 Å². The highest BCUT2D eigenvalue weighted by Gasteiger charge is 2.49. The van der Waals surface area contributed by atoms with Gasteiger partial charge in [0.1, 0.15) is 12.1 Å². The lowest BCUT2D eigenvalue weighted by Gasteiger charge is -2.31. The number of nitrogens with two attached hydrogens (primary N) is 1. The molecule has 8 heteroatoms. The van der Waals surface area contributed by atoms with Gasteiger partial charge in [0, 0.05) is 6.04 Å². The molecule has 138 valence electrons. The molecular formula is C16H29ClN4O3. The van der Waals surface area contributed by atoms with Crippen molar-refractivity contribution in [1.82, 2.24) is 15.5 Å². The van der Waals surface area contributed by atoms with Crippen LogP contribution in [0.25, 0.3) is 0 Å². The molecule has 0 aromatic rings. The Morgan fingerprint density at radius 2 is 1.92 bits per heavy atom. The van der Waals surface area contributed by atoms with E-state index in [9.17, 15) is 14.4 Å². The van der Waals surface area contributed by atoms with Crippen LogP contribution in [0.4, 0.5) is 4.79 Å². The van der Waals surface area contributed by atoms with Crippen LogP contribution in [0.15, 0.2) is 0 Å². The monoisotopic (exact) mass is 360 g/mol. The van der Waals surface area contributed by atoms with Crippen LogP contribution in [0.2, 0.25) is 0 Å². The van der Waals surface area contributed by atoms with Crippen molar-refractivity contribution in [3.8, 4) is 0 Å². The minimum Gasteiger partial charge on any atom is -0.351 e. The van der Waals surface area contributed by atoms with E-state index < -0.39 is 11.6 Å². The molecule has 1 heterocycles. The predicted octanol–water partition coefficient (Wildman–Crippen LogP) is 1.15. The summed E-state index contributed by atoms with van der Waals surface area (Å²) in [6, 6.07) is -0.433. The van der Waals surface area contributed by atoms with Gasteiger partial charge < -0.3 is 16.4 Å². The van der Waals surface area contributed by atoms with Crippen LogP contribution in [-0.4, -0.2) is 47.4 Å². The summed E-state index contributed by atoms with van der Waals surface area (Å²) in [6.45, 7) is 4.04. The first-order chi connectivity index (χ1) is 11.0. The molecule has 0 aromatic heterocycles.